The van der Waals surface area contributed by atoms with Gasteiger partial charge in [0.05, 0.1) is 0 Å². The average Bonchev–Trinajstić information content (AvgIpc) is 2.25. The molecule has 0 N–H and O–H groups in total. The van der Waals surface area contributed by atoms with Crippen LogP contribution in [0.2, 0.25) is 0 Å². The summed E-state index contributed by atoms with van der Waals surface area (Å²) in [5.41, 5.74) is 0.682. The predicted octanol–water partition coefficient (Wildman–Crippen LogP) is 2.41. The van der Waals surface area contributed by atoms with E-state index in [4.69, 9.17) is 12.6 Å². The van der Waals surface area contributed by atoms with E-state index in [2.05, 4.69) is 0 Å². The van der Waals surface area contributed by atoms with Crippen LogP contribution in [0.4, 0.5) is 4.39 Å². The zero-order valence-electron chi connectivity index (χ0n) is 7.98. The van der Waals surface area contributed by atoms with Crippen molar-refractivity contribution in [3.8, 4) is 11.5 Å². The lowest BCUT2D eigenvalue weighted by molar-refractivity contribution is 0.481. The average molecular weight is 198 g/mol. The van der Waals surface area contributed by atoms with E-state index in [1.165, 1.54) is 12.1 Å². The molecule has 72 valence electrons. The fraction of sp³-hybridized carbons (Fsp3) is 0. The van der Waals surface area contributed by atoms with Crippen molar-refractivity contribution >= 4 is 13.3 Å². The van der Waals surface area contributed by atoms with Crippen molar-refractivity contribution in [1.29, 1.82) is 0 Å². The van der Waals surface area contributed by atoms with Crippen LogP contribution in [0.25, 0.3) is 0 Å². The summed E-state index contributed by atoms with van der Waals surface area (Å²) in [5, 5.41) is 0. The van der Waals surface area contributed by atoms with Crippen molar-refractivity contribution in [1.82, 2.24) is 0 Å². The van der Waals surface area contributed by atoms with Gasteiger partial charge in [-0.3, -0.25) is 0 Å². The smallest absolute Gasteiger partial charge is 0.127 e. The molecule has 0 aliphatic carbocycles. The summed E-state index contributed by atoms with van der Waals surface area (Å²) < 4.78 is 18.1. The summed E-state index contributed by atoms with van der Waals surface area (Å²) in [6.45, 7) is 0. The largest absolute Gasteiger partial charge is 0.457 e. The van der Waals surface area contributed by atoms with E-state index in [-0.39, 0.29) is 5.82 Å². The lowest BCUT2D eigenvalue weighted by Gasteiger charge is -2.05. The number of benzene rings is 2. The molecule has 2 rings (SSSR count). The maximum Gasteiger partial charge on any atom is 0.127 e. The molecule has 15 heavy (non-hydrogen) atoms. The van der Waals surface area contributed by atoms with Gasteiger partial charge in [-0.05, 0) is 36.4 Å². The molecular weight excluding hydrogens is 190 g/mol. The number of hydrogen-bond donors (Lipinski definition) is 0. The summed E-state index contributed by atoms with van der Waals surface area (Å²) in [6, 6.07) is 12.9. The SMILES string of the molecule is [B]c1ccc(Oc2ccc(F)cc2)cc1. The molecular formula is C12H8BFO. The van der Waals surface area contributed by atoms with Crippen LogP contribution in [0.5, 0.6) is 11.5 Å². The highest BCUT2D eigenvalue weighted by Gasteiger charge is 1.96. The van der Waals surface area contributed by atoms with Crippen LogP contribution in [0.1, 0.15) is 0 Å². The third kappa shape index (κ3) is 2.59. The van der Waals surface area contributed by atoms with Gasteiger partial charge >= 0.3 is 0 Å². The van der Waals surface area contributed by atoms with Gasteiger partial charge in [-0.15, -0.1) is 0 Å². The molecule has 2 aromatic carbocycles. The molecule has 2 aromatic rings. The molecule has 3 heteroatoms. The summed E-state index contributed by atoms with van der Waals surface area (Å²) in [6.07, 6.45) is 0. The molecule has 1 nitrogen and oxygen atoms in total. The molecule has 0 heterocycles. The van der Waals surface area contributed by atoms with Crippen LogP contribution in [0.15, 0.2) is 48.5 Å². The minimum Gasteiger partial charge on any atom is -0.457 e. The van der Waals surface area contributed by atoms with Gasteiger partial charge < -0.3 is 4.74 Å². The monoisotopic (exact) mass is 198 g/mol. The van der Waals surface area contributed by atoms with Crippen molar-refractivity contribution in [3.63, 3.8) is 0 Å². The van der Waals surface area contributed by atoms with Gasteiger partial charge in [0.1, 0.15) is 25.2 Å². The highest BCUT2D eigenvalue weighted by Crippen LogP contribution is 2.20. The Kier molecular flexibility index (Phi) is 2.72. The van der Waals surface area contributed by atoms with Crippen molar-refractivity contribution in [3.05, 3.63) is 54.3 Å². The van der Waals surface area contributed by atoms with Crippen molar-refractivity contribution in [2.75, 3.05) is 0 Å². The lowest BCUT2D eigenvalue weighted by Crippen LogP contribution is -1.99. The highest BCUT2D eigenvalue weighted by molar-refractivity contribution is 6.32. The highest BCUT2D eigenvalue weighted by atomic mass is 19.1. The first kappa shape index (κ1) is 9.78. The molecule has 0 bridgehead atoms. The molecule has 2 radical (unpaired) electrons. The van der Waals surface area contributed by atoms with Crippen LogP contribution in [-0.4, -0.2) is 7.85 Å². The van der Waals surface area contributed by atoms with E-state index in [0.29, 0.717) is 17.0 Å². The van der Waals surface area contributed by atoms with Crippen LogP contribution >= 0.6 is 0 Å². The van der Waals surface area contributed by atoms with Crippen LogP contribution < -0.4 is 10.2 Å². The topological polar surface area (TPSA) is 9.23 Å². The van der Waals surface area contributed by atoms with Crippen molar-refractivity contribution < 1.29 is 9.13 Å². The number of ether oxygens (including phenoxy) is 1. The fourth-order valence-electron chi connectivity index (χ4n) is 1.17. The molecule has 0 saturated carbocycles. The van der Waals surface area contributed by atoms with Crippen LogP contribution in [-0.2, 0) is 0 Å². The summed E-state index contributed by atoms with van der Waals surface area (Å²) >= 11 is 0. The molecule has 0 aromatic heterocycles. The fourth-order valence-corrected chi connectivity index (χ4v) is 1.17. The molecule has 0 aliphatic rings. The second-order valence-electron chi connectivity index (χ2n) is 3.13. The second kappa shape index (κ2) is 4.17. The Morgan fingerprint density at radius 3 is 1.80 bits per heavy atom. The normalized spacial score (nSPS) is 9.93. The molecule has 0 amide bonds. The number of rotatable bonds is 2. The molecule has 0 spiro atoms. The van der Waals surface area contributed by atoms with Crippen LogP contribution in [0, 0.1) is 5.82 Å². The van der Waals surface area contributed by atoms with Crippen molar-refractivity contribution in [2.24, 2.45) is 0 Å². The van der Waals surface area contributed by atoms with Gasteiger partial charge in [0.2, 0.25) is 0 Å². The second-order valence-corrected chi connectivity index (χ2v) is 3.13. The minimum atomic E-state index is -0.278. The first-order valence-electron chi connectivity index (χ1n) is 4.53. The molecule has 0 aliphatic heterocycles. The molecule has 0 atom stereocenters. The predicted molar refractivity (Wildman–Crippen MR) is 58.3 cm³/mol. The van der Waals surface area contributed by atoms with Gasteiger partial charge in [0.15, 0.2) is 0 Å². The Morgan fingerprint density at radius 2 is 1.27 bits per heavy atom. The number of halogens is 1. The Morgan fingerprint density at radius 1 is 0.800 bits per heavy atom. The third-order valence-electron chi connectivity index (χ3n) is 1.93. The molecule has 0 unspecified atom stereocenters. The van der Waals surface area contributed by atoms with Crippen LogP contribution in [0.3, 0.4) is 0 Å². The van der Waals surface area contributed by atoms with Gasteiger partial charge in [0, 0.05) is 0 Å². The van der Waals surface area contributed by atoms with E-state index in [0.717, 1.165) is 0 Å². The van der Waals surface area contributed by atoms with Gasteiger partial charge in [-0.25, -0.2) is 4.39 Å². The van der Waals surface area contributed by atoms with E-state index >= 15 is 0 Å². The van der Waals surface area contributed by atoms with E-state index in [9.17, 15) is 4.39 Å². The van der Waals surface area contributed by atoms with E-state index < -0.39 is 0 Å². The quantitative estimate of drug-likeness (QED) is 0.673. The summed E-state index contributed by atoms with van der Waals surface area (Å²) in [5.74, 6) is 0.997. The Bertz CT molecular complexity index is 393. The molecule has 0 fully saturated rings. The van der Waals surface area contributed by atoms with Gasteiger partial charge in [0.25, 0.3) is 0 Å². The summed E-state index contributed by atoms with van der Waals surface area (Å²) in [4.78, 5) is 0. The van der Waals surface area contributed by atoms with Gasteiger partial charge in [-0.2, -0.15) is 0 Å². The third-order valence-corrected chi connectivity index (χ3v) is 1.93. The Hall–Kier alpha value is -1.77. The zero-order chi connectivity index (χ0) is 10.7. The summed E-state index contributed by atoms with van der Waals surface area (Å²) in [7, 11) is 5.53. The van der Waals surface area contributed by atoms with Crippen molar-refractivity contribution in [2.45, 2.75) is 0 Å². The lowest BCUT2D eigenvalue weighted by atomic mass is 9.97. The number of hydrogen-bond acceptors (Lipinski definition) is 1. The Balaban J connectivity index is 2.15. The minimum absolute atomic E-state index is 0.278. The van der Waals surface area contributed by atoms with E-state index in [1.807, 2.05) is 0 Å². The maximum absolute atomic E-state index is 12.6. The zero-order valence-corrected chi connectivity index (χ0v) is 7.98. The first-order chi connectivity index (χ1) is 7.24. The standard InChI is InChI=1S/C12H8BFO/c13-9-1-5-11(6-2-9)15-12-7-3-10(14)4-8-12/h1-8H. The van der Waals surface area contributed by atoms with Gasteiger partial charge in [-0.1, -0.05) is 17.6 Å². The van der Waals surface area contributed by atoms with E-state index in [1.54, 1.807) is 36.4 Å². The Labute approximate surface area is 88.9 Å². The first-order valence-corrected chi connectivity index (χ1v) is 4.53. The maximum atomic E-state index is 12.6. The molecule has 0 saturated heterocycles.